The minimum Gasteiger partial charge on any atom is -0.308 e. The molecule has 1 aliphatic heterocycles. The molecule has 78 valence electrons. The molecule has 0 saturated carbocycles. The largest absolute Gasteiger partial charge is 0.308 e. The van der Waals surface area contributed by atoms with E-state index in [1.165, 1.54) is 18.4 Å². The lowest BCUT2D eigenvalue weighted by Crippen LogP contribution is -2.32. The highest BCUT2D eigenvalue weighted by atomic mass is 35.5. The Hall–Kier alpha value is -0.240. The quantitative estimate of drug-likeness (QED) is 0.782. The minimum atomic E-state index is 0. The molecule has 1 aliphatic rings. The lowest BCUT2D eigenvalue weighted by molar-refractivity contribution is 0.435. The molecule has 1 unspecified atom stereocenters. The lowest BCUT2D eigenvalue weighted by Gasteiger charge is -2.24. The zero-order valence-electron chi connectivity index (χ0n) is 8.22. The first-order valence-electron chi connectivity index (χ1n) is 4.72. The summed E-state index contributed by atoms with van der Waals surface area (Å²) in [5, 5.41) is 4.34. The SMILES string of the molecule is CC1(c2ccc(Cl)cc2)CCCN1.Cl. The molecular formula is C11H15Cl2N. The Morgan fingerprint density at radius 2 is 1.93 bits per heavy atom. The molecule has 1 atom stereocenters. The molecule has 0 radical (unpaired) electrons. The van der Waals surface area contributed by atoms with Gasteiger partial charge in [-0.2, -0.15) is 0 Å². The van der Waals surface area contributed by atoms with E-state index in [9.17, 15) is 0 Å². The third-order valence-electron chi connectivity index (χ3n) is 2.85. The summed E-state index contributed by atoms with van der Waals surface area (Å²) in [6.45, 7) is 3.38. The Morgan fingerprint density at radius 1 is 1.29 bits per heavy atom. The molecular weight excluding hydrogens is 217 g/mol. The molecule has 1 saturated heterocycles. The van der Waals surface area contributed by atoms with Crippen LogP contribution in [0.1, 0.15) is 25.3 Å². The average Bonchev–Trinajstić information content (AvgIpc) is 2.54. The molecule has 0 amide bonds. The molecule has 1 nitrogen and oxygen atoms in total. The molecule has 1 heterocycles. The second-order valence-corrected chi connectivity index (χ2v) is 4.31. The van der Waals surface area contributed by atoms with Crippen molar-refractivity contribution in [3.05, 3.63) is 34.9 Å². The number of halogens is 2. The summed E-state index contributed by atoms with van der Waals surface area (Å²) in [5.74, 6) is 0. The maximum Gasteiger partial charge on any atom is 0.0406 e. The van der Waals surface area contributed by atoms with E-state index >= 15 is 0 Å². The molecule has 1 aromatic rings. The standard InChI is InChI=1S/C11H14ClN.ClH/c1-11(7-2-8-13-11)9-3-5-10(12)6-4-9;/h3-6,13H,2,7-8H2,1H3;1H. The van der Waals surface area contributed by atoms with Gasteiger partial charge in [-0.05, 0) is 44.0 Å². The molecule has 1 fully saturated rings. The van der Waals surface area contributed by atoms with Gasteiger partial charge in [0.15, 0.2) is 0 Å². The van der Waals surface area contributed by atoms with Gasteiger partial charge < -0.3 is 5.32 Å². The number of hydrogen-bond donors (Lipinski definition) is 1. The Bertz CT molecular complexity index is 289. The Kier molecular flexibility index (Phi) is 3.82. The molecule has 2 rings (SSSR count). The molecule has 14 heavy (non-hydrogen) atoms. The number of benzene rings is 1. The maximum absolute atomic E-state index is 5.84. The van der Waals surface area contributed by atoms with Crippen molar-refractivity contribution in [3.8, 4) is 0 Å². The zero-order valence-corrected chi connectivity index (χ0v) is 9.79. The molecule has 0 aromatic heterocycles. The normalized spacial score (nSPS) is 25.9. The summed E-state index contributed by atoms with van der Waals surface area (Å²) < 4.78 is 0. The molecule has 3 heteroatoms. The van der Waals surface area contributed by atoms with E-state index < -0.39 is 0 Å². The van der Waals surface area contributed by atoms with Crippen LogP contribution in [0.25, 0.3) is 0 Å². The third kappa shape index (κ3) is 2.22. The first kappa shape index (κ1) is 11.8. The van der Waals surface area contributed by atoms with E-state index in [1.54, 1.807) is 0 Å². The van der Waals surface area contributed by atoms with Crippen LogP contribution in [0.3, 0.4) is 0 Å². The molecule has 1 aromatic carbocycles. The van der Waals surface area contributed by atoms with Crippen LogP contribution in [0.4, 0.5) is 0 Å². The molecule has 0 aliphatic carbocycles. The summed E-state index contributed by atoms with van der Waals surface area (Å²) in [6, 6.07) is 8.14. The number of nitrogens with one attached hydrogen (secondary N) is 1. The first-order chi connectivity index (χ1) is 6.21. The second kappa shape index (κ2) is 4.52. The van der Waals surface area contributed by atoms with Crippen molar-refractivity contribution in [3.63, 3.8) is 0 Å². The van der Waals surface area contributed by atoms with Gasteiger partial charge in [0.25, 0.3) is 0 Å². The maximum atomic E-state index is 5.84. The zero-order chi connectivity index (χ0) is 9.31. The third-order valence-corrected chi connectivity index (χ3v) is 3.10. The van der Waals surface area contributed by atoms with Gasteiger partial charge in [0.1, 0.15) is 0 Å². The van der Waals surface area contributed by atoms with Crippen molar-refractivity contribution in [1.29, 1.82) is 0 Å². The summed E-state index contributed by atoms with van der Waals surface area (Å²) in [5.41, 5.74) is 1.51. The van der Waals surface area contributed by atoms with Crippen molar-refractivity contribution in [2.24, 2.45) is 0 Å². The summed E-state index contributed by atoms with van der Waals surface area (Å²) in [6.07, 6.45) is 2.48. The van der Waals surface area contributed by atoms with Crippen LogP contribution in [-0.4, -0.2) is 6.54 Å². The minimum absolute atomic E-state index is 0. The average molecular weight is 232 g/mol. The van der Waals surface area contributed by atoms with Crippen LogP contribution in [-0.2, 0) is 5.54 Å². The van der Waals surface area contributed by atoms with Gasteiger partial charge in [-0.25, -0.2) is 0 Å². The Balaban J connectivity index is 0.000000980. The van der Waals surface area contributed by atoms with E-state index in [4.69, 9.17) is 11.6 Å². The van der Waals surface area contributed by atoms with Crippen LogP contribution >= 0.6 is 24.0 Å². The van der Waals surface area contributed by atoms with E-state index in [-0.39, 0.29) is 17.9 Å². The smallest absolute Gasteiger partial charge is 0.0406 e. The molecule has 0 spiro atoms. The van der Waals surface area contributed by atoms with Crippen LogP contribution in [0.2, 0.25) is 5.02 Å². The van der Waals surface area contributed by atoms with E-state index in [0.717, 1.165) is 11.6 Å². The fourth-order valence-corrected chi connectivity index (χ4v) is 2.08. The molecule has 1 N–H and O–H groups in total. The van der Waals surface area contributed by atoms with E-state index in [2.05, 4.69) is 24.4 Å². The van der Waals surface area contributed by atoms with Gasteiger partial charge in [0.2, 0.25) is 0 Å². The van der Waals surface area contributed by atoms with Crippen LogP contribution in [0, 0.1) is 0 Å². The highest BCUT2D eigenvalue weighted by Crippen LogP contribution is 2.30. The van der Waals surface area contributed by atoms with Gasteiger partial charge in [-0.15, -0.1) is 12.4 Å². The summed E-state index contributed by atoms with van der Waals surface area (Å²) >= 11 is 5.84. The van der Waals surface area contributed by atoms with Gasteiger partial charge in [-0.1, -0.05) is 23.7 Å². The monoisotopic (exact) mass is 231 g/mol. The highest BCUT2D eigenvalue weighted by molar-refractivity contribution is 6.30. The predicted octanol–water partition coefficient (Wildman–Crippen LogP) is 3.36. The van der Waals surface area contributed by atoms with Crippen LogP contribution in [0.15, 0.2) is 24.3 Å². The fraction of sp³-hybridized carbons (Fsp3) is 0.455. The van der Waals surface area contributed by atoms with Gasteiger partial charge in [-0.3, -0.25) is 0 Å². The number of rotatable bonds is 1. The van der Waals surface area contributed by atoms with Crippen LogP contribution in [0.5, 0.6) is 0 Å². The van der Waals surface area contributed by atoms with Crippen molar-refractivity contribution >= 4 is 24.0 Å². The predicted molar refractivity (Wildman–Crippen MR) is 63.3 cm³/mol. The highest BCUT2D eigenvalue weighted by Gasteiger charge is 2.29. The number of hydrogen-bond acceptors (Lipinski definition) is 1. The topological polar surface area (TPSA) is 12.0 Å². The van der Waals surface area contributed by atoms with Crippen molar-refractivity contribution in [2.45, 2.75) is 25.3 Å². The van der Waals surface area contributed by atoms with Gasteiger partial charge in [0.05, 0.1) is 0 Å². The summed E-state index contributed by atoms with van der Waals surface area (Å²) in [7, 11) is 0. The lowest BCUT2D eigenvalue weighted by atomic mass is 9.91. The molecule has 0 bridgehead atoms. The second-order valence-electron chi connectivity index (χ2n) is 3.87. The van der Waals surface area contributed by atoms with Crippen molar-refractivity contribution in [1.82, 2.24) is 5.32 Å². The van der Waals surface area contributed by atoms with Gasteiger partial charge in [0, 0.05) is 10.6 Å². The first-order valence-corrected chi connectivity index (χ1v) is 5.10. The van der Waals surface area contributed by atoms with Crippen molar-refractivity contribution in [2.75, 3.05) is 6.54 Å². The summed E-state index contributed by atoms with van der Waals surface area (Å²) in [4.78, 5) is 0. The van der Waals surface area contributed by atoms with E-state index in [0.29, 0.717) is 0 Å². The Labute approximate surface area is 96.3 Å². The van der Waals surface area contributed by atoms with Crippen molar-refractivity contribution < 1.29 is 0 Å². The van der Waals surface area contributed by atoms with Gasteiger partial charge >= 0.3 is 0 Å². The van der Waals surface area contributed by atoms with E-state index in [1.807, 2.05) is 12.1 Å². The Morgan fingerprint density at radius 3 is 2.43 bits per heavy atom. The fourth-order valence-electron chi connectivity index (χ4n) is 1.96. The van der Waals surface area contributed by atoms with Crippen LogP contribution < -0.4 is 5.32 Å².